The SMILES string of the molecule is CCCn1cc[n+](Cn2c[n+](CCC)cn2)c1. The van der Waals surface area contributed by atoms with Crippen LogP contribution in [0.3, 0.4) is 0 Å². The van der Waals surface area contributed by atoms with E-state index in [9.17, 15) is 0 Å². The van der Waals surface area contributed by atoms with Gasteiger partial charge in [0.25, 0.3) is 6.33 Å². The molecule has 0 aliphatic rings. The lowest BCUT2D eigenvalue weighted by molar-refractivity contribution is -0.713. The number of aromatic nitrogens is 5. The highest BCUT2D eigenvalue weighted by Crippen LogP contribution is 1.88. The lowest BCUT2D eigenvalue weighted by atomic mass is 10.5. The van der Waals surface area contributed by atoms with E-state index in [2.05, 4.69) is 51.4 Å². The lowest BCUT2D eigenvalue weighted by Gasteiger charge is -1.91. The van der Waals surface area contributed by atoms with Crippen molar-refractivity contribution in [1.82, 2.24) is 14.3 Å². The topological polar surface area (TPSA) is 30.5 Å². The van der Waals surface area contributed by atoms with Crippen molar-refractivity contribution < 1.29 is 9.13 Å². The van der Waals surface area contributed by atoms with Crippen LogP contribution < -0.4 is 9.13 Å². The fourth-order valence-electron chi connectivity index (χ4n) is 1.89. The maximum Gasteiger partial charge on any atom is 0.265 e. The molecular weight excluding hydrogens is 214 g/mol. The molecule has 0 radical (unpaired) electrons. The Morgan fingerprint density at radius 1 is 1.12 bits per heavy atom. The summed E-state index contributed by atoms with van der Waals surface area (Å²) in [5, 5.41) is 4.33. The third kappa shape index (κ3) is 3.15. The Morgan fingerprint density at radius 3 is 2.76 bits per heavy atom. The van der Waals surface area contributed by atoms with Crippen LogP contribution in [0.15, 0.2) is 31.4 Å². The van der Waals surface area contributed by atoms with E-state index in [1.165, 1.54) is 0 Å². The van der Waals surface area contributed by atoms with E-state index in [0.717, 1.165) is 32.6 Å². The zero-order valence-electron chi connectivity index (χ0n) is 10.7. The van der Waals surface area contributed by atoms with Gasteiger partial charge in [-0.2, -0.15) is 0 Å². The summed E-state index contributed by atoms with van der Waals surface area (Å²) in [4.78, 5) is 0. The molecule has 2 aromatic heterocycles. The summed E-state index contributed by atoms with van der Waals surface area (Å²) in [5.74, 6) is 0. The van der Waals surface area contributed by atoms with Crippen LogP contribution in [0.2, 0.25) is 0 Å². The Bertz CT molecular complexity index is 415. The number of rotatable bonds is 6. The highest BCUT2D eigenvalue weighted by Gasteiger charge is 2.09. The van der Waals surface area contributed by atoms with Crippen molar-refractivity contribution in [1.29, 1.82) is 0 Å². The van der Waals surface area contributed by atoms with Gasteiger partial charge in [-0.1, -0.05) is 18.5 Å². The molecule has 0 N–H and O–H groups in total. The molecule has 2 heterocycles. The monoisotopic (exact) mass is 235 g/mol. The van der Waals surface area contributed by atoms with Gasteiger partial charge in [-0.15, -0.1) is 0 Å². The van der Waals surface area contributed by atoms with Crippen molar-refractivity contribution in [3.8, 4) is 0 Å². The molecule has 0 atom stereocenters. The fraction of sp³-hybridized carbons (Fsp3) is 0.583. The van der Waals surface area contributed by atoms with Gasteiger partial charge in [0.05, 0.1) is 13.1 Å². The normalized spacial score (nSPS) is 10.9. The third-order valence-electron chi connectivity index (χ3n) is 2.65. The third-order valence-corrected chi connectivity index (χ3v) is 2.65. The fourth-order valence-corrected chi connectivity index (χ4v) is 1.89. The minimum atomic E-state index is 0.771. The molecule has 5 heteroatoms. The smallest absolute Gasteiger partial charge is 0.237 e. The summed E-state index contributed by atoms with van der Waals surface area (Å²) in [7, 11) is 0. The van der Waals surface area contributed by atoms with Crippen molar-refractivity contribution in [2.45, 2.75) is 46.4 Å². The largest absolute Gasteiger partial charge is 0.265 e. The van der Waals surface area contributed by atoms with Gasteiger partial charge in [-0.3, -0.25) is 0 Å². The standard InChI is InChI=1S/C12H21N5/c1-3-5-14-7-8-16(10-14)12-17-11-15(6-4-2)9-13-17/h7-11H,3-6,12H2,1-2H3/q+2. The van der Waals surface area contributed by atoms with E-state index in [1.807, 2.05) is 17.3 Å². The highest BCUT2D eigenvalue weighted by atomic mass is 15.4. The zero-order valence-corrected chi connectivity index (χ0v) is 10.7. The lowest BCUT2D eigenvalue weighted by Crippen LogP contribution is -2.37. The van der Waals surface area contributed by atoms with Gasteiger partial charge in [0, 0.05) is 5.10 Å². The summed E-state index contributed by atoms with van der Waals surface area (Å²) in [6.07, 6.45) is 12.5. The Hall–Kier alpha value is -1.65. The summed E-state index contributed by atoms with van der Waals surface area (Å²) in [6.45, 7) is 7.23. The second-order valence-electron chi connectivity index (χ2n) is 4.33. The van der Waals surface area contributed by atoms with Crippen LogP contribution in [0.1, 0.15) is 26.7 Å². The van der Waals surface area contributed by atoms with E-state index in [-0.39, 0.29) is 0 Å². The van der Waals surface area contributed by atoms with Crippen LogP contribution in [0, 0.1) is 0 Å². The first-order valence-corrected chi connectivity index (χ1v) is 6.28. The van der Waals surface area contributed by atoms with Gasteiger partial charge < -0.3 is 0 Å². The highest BCUT2D eigenvalue weighted by molar-refractivity contribution is 4.65. The Kier molecular flexibility index (Phi) is 3.90. The average molecular weight is 235 g/mol. The predicted octanol–water partition coefficient (Wildman–Crippen LogP) is 0.585. The first-order valence-electron chi connectivity index (χ1n) is 6.28. The van der Waals surface area contributed by atoms with Crippen molar-refractivity contribution in [3.05, 3.63) is 31.4 Å². The second kappa shape index (κ2) is 5.61. The van der Waals surface area contributed by atoms with Crippen LogP contribution in [-0.2, 0) is 19.8 Å². The number of imidazole rings is 1. The molecule has 17 heavy (non-hydrogen) atoms. The molecule has 2 aromatic rings. The van der Waals surface area contributed by atoms with Gasteiger partial charge in [0.1, 0.15) is 12.4 Å². The molecule has 0 fully saturated rings. The molecule has 0 amide bonds. The van der Waals surface area contributed by atoms with E-state index < -0.39 is 0 Å². The summed E-state index contributed by atoms with van der Waals surface area (Å²) >= 11 is 0. The molecule has 0 spiro atoms. The quantitative estimate of drug-likeness (QED) is 0.674. The van der Waals surface area contributed by atoms with Crippen LogP contribution in [-0.4, -0.2) is 14.3 Å². The van der Waals surface area contributed by atoms with E-state index in [4.69, 9.17) is 0 Å². The number of aryl methyl sites for hydroxylation is 2. The zero-order chi connectivity index (χ0) is 12.1. The first-order chi connectivity index (χ1) is 8.31. The Morgan fingerprint density at radius 2 is 2.00 bits per heavy atom. The van der Waals surface area contributed by atoms with Crippen molar-refractivity contribution >= 4 is 0 Å². The van der Waals surface area contributed by atoms with Crippen molar-refractivity contribution in [2.75, 3.05) is 0 Å². The van der Waals surface area contributed by atoms with E-state index in [0.29, 0.717) is 0 Å². The number of hydrogen-bond donors (Lipinski definition) is 0. The molecule has 92 valence electrons. The predicted molar refractivity (Wildman–Crippen MR) is 63.0 cm³/mol. The molecule has 0 unspecified atom stereocenters. The maximum atomic E-state index is 4.33. The summed E-state index contributed by atoms with van der Waals surface area (Å²) in [6, 6.07) is 0. The van der Waals surface area contributed by atoms with Crippen molar-refractivity contribution in [2.24, 2.45) is 0 Å². The van der Waals surface area contributed by atoms with Gasteiger partial charge in [0.2, 0.25) is 19.3 Å². The Balaban J connectivity index is 1.98. The van der Waals surface area contributed by atoms with Crippen LogP contribution in [0.5, 0.6) is 0 Å². The summed E-state index contributed by atoms with van der Waals surface area (Å²) in [5.41, 5.74) is 0. The molecule has 0 saturated carbocycles. The molecule has 5 nitrogen and oxygen atoms in total. The molecule has 0 aliphatic heterocycles. The van der Waals surface area contributed by atoms with Gasteiger partial charge >= 0.3 is 0 Å². The van der Waals surface area contributed by atoms with E-state index >= 15 is 0 Å². The average Bonchev–Trinajstić information content (AvgIpc) is 2.91. The van der Waals surface area contributed by atoms with Crippen LogP contribution in [0.25, 0.3) is 0 Å². The number of nitrogens with zero attached hydrogens (tertiary/aromatic N) is 5. The van der Waals surface area contributed by atoms with Crippen LogP contribution in [0.4, 0.5) is 0 Å². The summed E-state index contributed by atoms with van der Waals surface area (Å²) < 4.78 is 8.40. The van der Waals surface area contributed by atoms with Gasteiger partial charge in [0.15, 0.2) is 0 Å². The first kappa shape index (κ1) is 11.8. The minimum absolute atomic E-state index is 0.771. The number of hydrogen-bond acceptors (Lipinski definition) is 1. The molecule has 0 aliphatic carbocycles. The molecule has 2 rings (SSSR count). The molecule has 0 bridgehead atoms. The van der Waals surface area contributed by atoms with Gasteiger partial charge in [-0.25, -0.2) is 13.7 Å². The minimum Gasteiger partial charge on any atom is -0.237 e. The second-order valence-corrected chi connectivity index (χ2v) is 4.33. The van der Waals surface area contributed by atoms with Crippen molar-refractivity contribution in [3.63, 3.8) is 0 Å². The van der Waals surface area contributed by atoms with E-state index in [1.54, 1.807) is 0 Å². The van der Waals surface area contributed by atoms with Gasteiger partial charge in [-0.05, 0) is 12.8 Å². The Labute approximate surface area is 102 Å². The molecule has 0 saturated heterocycles. The maximum absolute atomic E-state index is 4.33. The molecular formula is C12H21N5+2. The molecule has 0 aromatic carbocycles. The van der Waals surface area contributed by atoms with Crippen LogP contribution >= 0.6 is 0 Å².